The molecule has 0 saturated carbocycles. The van der Waals surface area contributed by atoms with Gasteiger partial charge in [-0.2, -0.15) is 0 Å². The molecule has 1 aromatic heterocycles. The van der Waals surface area contributed by atoms with Gasteiger partial charge in [0.05, 0.1) is 19.8 Å². The van der Waals surface area contributed by atoms with Gasteiger partial charge in [-0.1, -0.05) is 0 Å². The molecule has 246 valence electrons. The quantitative estimate of drug-likeness (QED) is 0.129. The summed E-state index contributed by atoms with van der Waals surface area (Å²) in [5.74, 6) is -4.38. The molecule has 45 heavy (non-hydrogen) atoms. The Morgan fingerprint density at radius 2 is 1.53 bits per heavy atom. The molecule has 0 spiro atoms. The van der Waals surface area contributed by atoms with Crippen LogP contribution in [0.25, 0.3) is 22.3 Å². The topological polar surface area (TPSA) is 279 Å². The summed E-state index contributed by atoms with van der Waals surface area (Å²) in [7, 11) is 1.18. The molecule has 2 aliphatic rings. The molecule has 2 aliphatic heterocycles. The zero-order chi connectivity index (χ0) is 32.9. The lowest BCUT2D eigenvalue weighted by atomic mass is 9.97. The first-order chi connectivity index (χ1) is 21.3. The van der Waals surface area contributed by atoms with Crippen LogP contribution in [0, 0.1) is 0 Å². The maximum absolute atomic E-state index is 13.9. The summed E-state index contributed by atoms with van der Waals surface area (Å²) >= 11 is 0. The van der Waals surface area contributed by atoms with Crippen LogP contribution in [-0.4, -0.2) is 126 Å². The van der Waals surface area contributed by atoms with Gasteiger partial charge in [0.1, 0.15) is 47.6 Å². The Kier molecular flexibility index (Phi) is 9.00. The van der Waals surface area contributed by atoms with Crippen molar-refractivity contribution in [3.8, 4) is 45.8 Å². The smallest absolute Gasteiger partial charge is 0.239 e. The van der Waals surface area contributed by atoms with Gasteiger partial charge in [-0.15, -0.1) is 0 Å². The number of aliphatic hydroxyl groups excluding tert-OH is 6. The van der Waals surface area contributed by atoms with Crippen molar-refractivity contribution in [2.24, 2.45) is 0 Å². The third kappa shape index (κ3) is 5.69. The molecule has 17 heteroatoms. The summed E-state index contributed by atoms with van der Waals surface area (Å²) in [5, 5.41) is 103. The lowest BCUT2D eigenvalue weighted by Gasteiger charge is -2.45. The van der Waals surface area contributed by atoms with Gasteiger partial charge >= 0.3 is 0 Å². The number of aliphatic hydroxyl groups is 6. The van der Waals surface area contributed by atoms with Gasteiger partial charge in [0, 0.05) is 11.6 Å². The molecule has 10 atom stereocenters. The van der Waals surface area contributed by atoms with E-state index in [1.165, 1.54) is 20.1 Å². The Bertz CT molecular complexity index is 1610. The highest BCUT2D eigenvalue weighted by Gasteiger charge is 2.51. The Balaban J connectivity index is 1.65. The van der Waals surface area contributed by atoms with Crippen LogP contribution in [0.1, 0.15) is 6.92 Å². The van der Waals surface area contributed by atoms with Crippen LogP contribution in [0.3, 0.4) is 0 Å². The normalized spacial score (nSPS) is 32.0. The van der Waals surface area contributed by atoms with Crippen LogP contribution in [0.2, 0.25) is 0 Å². The molecule has 10 N–H and O–H groups in total. The minimum Gasteiger partial charge on any atom is -0.504 e. The highest BCUT2D eigenvalue weighted by atomic mass is 16.8. The van der Waals surface area contributed by atoms with Crippen LogP contribution in [0.5, 0.6) is 34.5 Å². The van der Waals surface area contributed by atoms with Crippen molar-refractivity contribution in [2.75, 3.05) is 13.7 Å². The number of phenolic OH excluding ortho intramolecular Hbond substituents is 4. The number of rotatable bonds is 7. The highest BCUT2D eigenvalue weighted by Crippen LogP contribution is 2.44. The van der Waals surface area contributed by atoms with E-state index in [9.17, 15) is 55.9 Å². The molecule has 2 aromatic carbocycles. The zero-order valence-corrected chi connectivity index (χ0v) is 23.6. The largest absolute Gasteiger partial charge is 0.504 e. The molecule has 0 radical (unpaired) electrons. The highest BCUT2D eigenvalue weighted by molar-refractivity contribution is 5.91. The third-order valence-corrected chi connectivity index (χ3v) is 7.67. The molecule has 2 fully saturated rings. The van der Waals surface area contributed by atoms with Crippen molar-refractivity contribution in [2.45, 2.75) is 68.3 Å². The predicted octanol–water partition coefficient (Wildman–Crippen LogP) is -1.68. The van der Waals surface area contributed by atoms with Crippen LogP contribution in [0.4, 0.5) is 0 Å². The average molecular weight is 641 g/mol. The molecule has 17 nitrogen and oxygen atoms in total. The molecule has 0 bridgehead atoms. The number of aromatic hydroxyl groups is 4. The third-order valence-electron chi connectivity index (χ3n) is 7.67. The van der Waals surface area contributed by atoms with E-state index >= 15 is 0 Å². The molecule has 5 rings (SSSR count). The zero-order valence-electron chi connectivity index (χ0n) is 23.6. The maximum atomic E-state index is 13.9. The second-order valence-electron chi connectivity index (χ2n) is 10.5. The standard InChI is InChI=1S/C28H32O17/c1-8-16(32)21(37)23(39)27(41-8)45-26-22(38)18(34)14(7-29)43-28(26)44-25-20(36)15-12(6-13(40-2)17(33)19(15)35)42-24(25)9-3-4-10(30)11(31)5-9/h3-6,8,14,16,18,21-23,26-35,37-39H,7H2,1-2H3. The van der Waals surface area contributed by atoms with E-state index in [0.717, 1.165) is 18.2 Å². The maximum Gasteiger partial charge on any atom is 0.239 e. The van der Waals surface area contributed by atoms with E-state index in [2.05, 4.69) is 0 Å². The van der Waals surface area contributed by atoms with E-state index in [1.54, 1.807) is 0 Å². The van der Waals surface area contributed by atoms with E-state index in [0.29, 0.717) is 0 Å². The summed E-state index contributed by atoms with van der Waals surface area (Å²) in [6, 6.07) is 4.40. The lowest BCUT2D eigenvalue weighted by molar-refractivity contribution is -0.354. The molecule has 3 heterocycles. The minimum absolute atomic E-state index is 0.0598. The molecule has 10 unspecified atom stereocenters. The van der Waals surface area contributed by atoms with Crippen molar-refractivity contribution in [3.63, 3.8) is 0 Å². The second kappa shape index (κ2) is 12.5. The summed E-state index contributed by atoms with van der Waals surface area (Å²) in [6.45, 7) is 0.514. The SMILES string of the molecule is COc1cc2oc(-c3ccc(O)c(O)c3)c(OC3OC(CO)C(O)C(O)C3OC3OC(C)C(O)C(O)C3O)c(=O)c2c(O)c1O. The van der Waals surface area contributed by atoms with Crippen molar-refractivity contribution < 1.29 is 79.2 Å². The van der Waals surface area contributed by atoms with E-state index in [4.69, 9.17) is 28.1 Å². The summed E-state index contributed by atoms with van der Waals surface area (Å²) in [6.07, 6.45) is -16.9. The molecule has 0 amide bonds. The van der Waals surface area contributed by atoms with E-state index in [1.807, 2.05) is 0 Å². The number of ether oxygens (including phenoxy) is 5. The Labute approximate surface area is 252 Å². The van der Waals surface area contributed by atoms with Gasteiger partial charge < -0.3 is 79.2 Å². The van der Waals surface area contributed by atoms with Crippen LogP contribution in [0.15, 0.2) is 33.5 Å². The van der Waals surface area contributed by atoms with Gasteiger partial charge in [0.15, 0.2) is 41.2 Å². The summed E-state index contributed by atoms with van der Waals surface area (Å²) < 4.78 is 33.5. The fourth-order valence-electron chi connectivity index (χ4n) is 5.09. The second-order valence-corrected chi connectivity index (χ2v) is 10.5. The fourth-order valence-corrected chi connectivity index (χ4v) is 5.09. The predicted molar refractivity (Wildman–Crippen MR) is 147 cm³/mol. The van der Waals surface area contributed by atoms with Crippen LogP contribution < -0.4 is 14.9 Å². The van der Waals surface area contributed by atoms with E-state index < -0.39 is 113 Å². The number of phenols is 4. The summed E-state index contributed by atoms with van der Waals surface area (Å²) in [5.41, 5.74) is -1.50. The van der Waals surface area contributed by atoms with Crippen LogP contribution in [-0.2, 0) is 14.2 Å². The van der Waals surface area contributed by atoms with Gasteiger partial charge in [-0.25, -0.2) is 0 Å². The lowest BCUT2D eigenvalue weighted by Crippen LogP contribution is -2.64. The number of hydrogen-bond acceptors (Lipinski definition) is 17. The molecular weight excluding hydrogens is 608 g/mol. The first-order valence-electron chi connectivity index (χ1n) is 13.5. The Morgan fingerprint density at radius 1 is 0.822 bits per heavy atom. The molecule has 0 aliphatic carbocycles. The molecule has 2 saturated heterocycles. The number of benzene rings is 2. The monoisotopic (exact) mass is 640 g/mol. The fraction of sp³-hybridized carbons (Fsp3) is 0.464. The summed E-state index contributed by atoms with van der Waals surface area (Å²) in [4.78, 5) is 13.9. The minimum atomic E-state index is -1.94. The van der Waals surface area contributed by atoms with E-state index in [-0.39, 0.29) is 16.9 Å². The molecular formula is C28H32O17. The van der Waals surface area contributed by atoms with Gasteiger partial charge in [0.25, 0.3) is 0 Å². The number of fused-ring (bicyclic) bond motifs is 1. The molecule has 3 aromatic rings. The van der Waals surface area contributed by atoms with Gasteiger partial charge in [0.2, 0.25) is 23.2 Å². The van der Waals surface area contributed by atoms with Crippen molar-refractivity contribution in [1.29, 1.82) is 0 Å². The number of hydrogen-bond donors (Lipinski definition) is 10. The van der Waals surface area contributed by atoms with Gasteiger partial charge in [-0.3, -0.25) is 4.79 Å². The number of methoxy groups -OCH3 is 1. The van der Waals surface area contributed by atoms with Crippen LogP contribution >= 0.6 is 0 Å². The van der Waals surface area contributed by atoms with Gasteiger partial charge in [-0.05, 0) is 25.1 Å². The average Bonchev–Trinajstić information content (AvgIpc) is 3.02. The first-order valence-corrected chi connectivity index (χ1v) is 13.5. The van der Waals surface area contributed by atoms with Crippen molar-refractivity contribution in [1.82, 2.24) is 0 Å². The first kappa shape index (κ1) is 32.5. The Hall–Kier alpha value is -3.91. The van der Waals surface area contributed by atoms with Crippen molar-refractivity contribution in [3.05, 3.63) is 34.5 Å². The van der Waals surface area contributed by atoms with Crippen molar-refractivity contribution >= 4 is 11.0 Å². The Morgan fingerprint density at radius 3 is 2.18 bits per heavy atom.